The maximum Gasteiger partial charge on any atom is 0.132 e. The highest BCUT2D eigenvalue weighted by Crippen LogP contribution is 2.38. The minimum Gasteiger partial charge on any atom is -0.295 e. The first kappa shape index (κ1) is 12.4. The SMILES string of the molecule is Brc1ccc2c(c1)Cc1nc(Br)c(-c3ccccc3)n1-2. The van der Waals surface area contributed by atoms with Crippen molar-refractivity contribution >= 4 is 31.9 Å². The molecule has 0 aliphatic carbocycles. The first-order chi connectivity index (χ1) is 9.74. The van der Waals surface area contributed by atoms with Gasteiger partial charge in [0.15, 0.2) is 0 Å². The molecular weight excluding hydrogens is 380 g/mol. The van der Waals surface area contributed by atoms with Gasteiger partial charge in [-0.05, 0) is 39.7 Å². The zero-order valence-corrected chi connectivity index (χ0v) is 13.6. The topological polar surface area (TPSA) is 17.8 Å². The summed E-state index contributed by atoms with van der Waals surface area (Å²) < 4.78 is 4.27. The van der Waals surface area contributed by atoms with E-state index in [1.165, 1.54) is 16.8 Å². The normalized spacial score (nSPS) is 12.3. The first-order valence-electron chi connectivity index (χ1n) is 6.35. The fraction of sp³-hybridized carbons (Fsp3) is 0.0625. The van der Waals surface area contributed by atoms with Gasteiger partial charge >= 0.3 is 0 Å². The van der Waals surface area contributed by atoms with E-state index in [2.05, 4.69) is 83.9 Å². The van der Waals surface area contributed by atoms with Crippen LogP contribution in [0.5, 0.6) is 0 Å². The summed E-state index contributed by atoms with van der Waals surface area (Å²) in [6, 6.07) is 16.8. The summed E-state index contributed by atoms with van der Waals surface area (Å²) in [7, 11) is 0. The summed E-state index contributed by atoms with van der Waals surface area (Å²) in [5.74, 6) is 1.09. The Bertz CT molecular complexity index is 807. The van der Waals surface area contributed by atoms with Gasteiger partial charge in [0.1, 0.15) is 10.4 Å². The molecule has 4 rings (SSSR count). The number of fused-ring (bicyclic) bond motifs is 3. The molecule has 0 N–H and O–H groups in total. The lowest BCUT2D eigenvalue weighted by atomic mass is 10.1. The molecule has 0 unspecified atom stereocenters. The molecule has 1 aliphatic heterocycles. The van der Waals surface area contributed by atoms with Gasteiger partial charge in [0.25, 0.3) is 0 Å². The number of imidazole rings is 1. The molecule has 0 saturated heterocycles. The van der Waals surface area contributed by atoms with E-state index in [9.17, 15) is 0 Å². The zero-order chi connectivity index (χ0) is 13.7. The predicted octanol–water partition coefficient (Wildman–Crippen LogP) is 4.97. The Labute approximate surface area is 133 Å². The molecule has 1 aliphatic rings. The lowest BCUT2D eigenvalue weighted by Gasteiger charge is -2.08. The van der Waals surface area contributed by atoms with E-state index in [1.54, 1.807) is 0 Å². The third kappa shape index (κ3) is 1.79. The van der Waals surface area contributed by atoms with Gasteiger partial charge in [-0.1, -0.05) is 46.3 Å². The van der Waals surface area contributed by atoms with E-state index < -0.39 is 0 Å². The number of aromatic nitrogens is 2. The summed E-state index contributed by atoms with van der Waals surface area (Å²) in [6.07, 6.45) is 0.875. The van der Waals surface area contributed by atoms with E-state index >= 15 is 0 Å². The van der Waals surface area contributed by atoms with Crippen LogP contribution in [-0.4, -0.2) is 9.55 Å². The standard InChI is InChI=1S/C16H10Br2N2/c17-12-6-7-13-11(8-12)9-14-19-16(18)15(20(13)14)10-4-2-1-3-5-10/h1-8H,9H2. The quantitative estimate of drug-likeness (QED) is 0.449. The molecule has 0 radical (unpaired) electrons. The van der Waals surface area contributed by atoms with Gasteiger partial charge in [0.05, 0.1) is 11.4 Å². The third-order valence-electron chi connectivity index (χ3n) is 3.58. The van der Waals surface area contributed by atoms with Gasteiger partial charge in [-0.3, -0.25) is 4.57 Å². The van der Waals surface area contributed by atoms with Crippen molar-refractivity contribution in [2.75, 3.05) is 0 Å². The van der Waals surface area contributed by atoms with Gasteiger partial charge in [-0.2, -0.15) is 0 Å². The molecule has 3 aromatic rings. The van der Waals surface area contributed by atoms with E-state index in [-0.39, 0.29) is 0 Å². The van der Waals surface area contributed by atoms with Crippen molar-refractivity contribution in [1.82, 2.24) is 9.55 Å². The molecule has 0 saturated carbocycles. The molecule has 0 amide bonds. The fourth-order valence-corrected chi connectivity index (χ4v) is 3.76. The molecule has 0 spiro atoms. The van der Waals surface area contributed by atoms with Crippen molar-refractivity contribution < 1.29 is 0 Å². The average Bonchev–Trinajstić information content (AvgIpc) is 2.93. The van der Waals surface area contributed by atoms with Crippen LogP contribution in [-0.2, 0) is 6.42 Å². The van der Waals surface area contributed by atoms with Crippen LogP contribution < -0.4 is 0 Å². The van der Waals surface area contributed by atoms with Crippen LogP contribution in [0.25, 0.3) is 16.9 Å². The van der Waals surface area contributed by atoms with E-state index in [0.29, 0.717) is 0 Å². The van der Waals surface area contributed by atoms with Gasteiger partial charge in [0.2, 0.25) is 0 Å². The molecule has 2 heterocycles. The van der Waals surface area contributed by atoms with Crippen LogP contribution in [0.1, 0.15) is 11.4 Å². The van der Waals surface area contributed by atoms with Crippen LogP contribution in [0.2, 0.25) is 0 Å². The Morgan fingerprint density at radius 1 is 1.00 bits per heavy atom. The largest absolute Gasteiger partial charge is 0.295 e. The monoisotopic (exact) mass is 388 g/mol. The lowest BCUT2D eigenvalue weighted by molar-refractivity contribution is 0.999. The molecule has 2 aromatic carbocycles. The summed E-state index contributed by atoms with van der Waals surface area (Å²) in [5, 5.41) is 0. The maximum atomic E-state index is 4.68. The molecule has 0 bridgehead atoms. The number of hydrogen-bond donors (Lipinski definition) is 0. The highest BCUT2D eigenvalue weighted by atomic mass is 79.9. The molecular formula is C16H10Br2N2. The number of rotatable bonds is 1. The Hall–Kier alpha value is -1.39. The molecule has 20 heavy (non-hydrogen) atoms. The number of benzene rings is 2. The third-order valence-corrected chi connectivity index (χ3v) is 4.63. The Morgan fingerprint density at radius 2 is 1.80 bits per heavy atom. The van der Waals surface area contributed by atoms with Crippen LogP contribution >= 0.6 is 31.9 Å². The average molecular weight is 390 g/mol. The highest BCUT2D eigenvalue weighted by Gasteiger charge is 2.25. The van der Waals surface area contributed by atoms with Crippen molar-refractivity contribution in [2.24, 2.45) is 0 Å². The summed E-state index contributed by atoms with van der Waals surface area (Å²) in [5.41, 5.74) is 4.84. The van der Waals surface area contributed by atoms with Crippen molar-refractivity contribution in [2.45, 2.75) is 6.42 Å². The second kappa shape index (κ2) is 4.57. The van der Waals surface area contributed by atoms with Crippen molar-refractivity contribution in [3.8, 4) is 16.9 Å². The minimum absolute atomic E-state index is 0.875. The van der Waals surface area contributed by atoms with Crippen LogP contribution in [0.4, 0.5) is 0 Å². The molecule has 0 atom stereocenters. The van der Waals surface area contributed by atoms with E-state index in [1.807, 2.05) is 6.07 Å². The van der Waals surface area contributed by atoms with Gasteiger partial charge < -0.3 is 0 Å². The summed E-state index contributed by atoms with van der Waals surface area (Å²) in [4.78, 5) is 4.68. The van der Waals surface area contributed by atoms with Gasteiger partial charge in [0, 0.05) is 16.5 Å². The maximum absolute atomic E-state index is 4.68. The second-order valence-electron chi connectivity index (χ2n) is 4.82. The molecule has 4 heteroatoms. The Kier molecular flexibility index (Phi) is 2.82. The van der Waals surface area contributed by atoms with Crippen LogP contribution in [0.3, 0.4) is 0 Å². The molecule has 1 aromatic heterocycles. The molecule has 0 fully saturated rings. The van der Waals surface area contributed by atoms with E-state index in [0.717, 1.165) is 27.0 Å². The van der Waals surface area contributed by atoms with Gasteiger partial charge in [-0.15, -0.1) is 0 Å². The molecule has 98 valence electrons. The van der Waals surface area contributed by atoms with Gasteiger partial charge in [-0.25, -0.2) is 4.98 Å². The Morgan fingerprint density at radius 3 is 2.60 bits per heavy atom. The number of halogens is 2. The smallest absolute Gasteiger partial charge is 0.132 e. The minimum atomic E-state index is 0.875. The van der Waals surface area contributed by atoms with E-state index in [4.69, 9.17) is 0 Å². The van der Waals surface area contributed by atoms with Crippen molar-refractivity contribution in [3.63, 3.8) is 0 Å². The predicted molar refractivity (Wildman–Crippen MR) is 87.2 cm³/mol. The highest BCUT2D eigenvalue weighted by molar-refractivity contribution is 9.10. The van der Waals surface area contributed by atoms with Crippen LogP contribution in [0, 0.1) is 0 Å². The number of hydrogen-bond acceptors (Lipinski definition) is 1. The second-order valence-corrected chi connectivity index (χ2v) is 6.49. The summed E-state index contributed by atoms with van der Waals surface area (Å²) >= 11 is 7.14. The van der Waals surface area contributed by atoms with Crippen molar-refractivity contribution in [3.05, 3.63) is 69.0 Å². The Balaban J connectivity index is 1.99. The fourth-order valence-electron chi connectivity index (χ4n) is 2.74. The summed E-state index contributed by atoms with van der Waals surface area (Å²) in [6.45, 7) is 0. The number of nitrogens with zero attached hydrogens (tertiary/aromatic N) is 2. The van der Waals surface area contributed by atoms with Crippen molar-refractivity contribution in [1.29, 1.82) is 0 Å². The zero-order valence-electron chi connectivity index (χ0n) is 10.5. The van der Waals surface area contributed by atoms with Crippen LogP contribution in [0.15, 0.2) is 57.6 Å². The molecule has 2 nitrogen and oxygen atoms in total. The first-order valence-corrected chi connectivity index (χ1v) is 7.94. The lowest BCUT2D eigenvalue weighted by Crippen LogP contribution is -1.95.